The molecule has 19 heavy (non-hydrogen) atoms. The van der Waals surface area contributed by atoms with Gasteiger partial charge in [-0.2, -0.15) is 0 Å². The van der Waals surface area contributed by atoms with E-state index in [0.717, 1.165) is 17.2 Å². The zero-order valence-electron chi connectivity index (χ0n) is 10.9. The van der Waals surface area contributed by atoms with Gasteiger partial charge in [0, 0.05) is 17.5 Å². The van der Waals surface area contributed by atoms with Gasteiger partial charge in [0.25, 0.3) is 0 Å². The van der Waals surface area contributed by atoms with Crippen molar-refractivity contribution in [2.75, 3.05) is 0 Å². The lowest BCUT2D eigenvalue weighted by molar-refractivity contribution is 0.0992. The molecule has 0 saturated heterocycles. The summed E-state index contributed by atoms with van der Waals surface area (Å²) in [5, 5.41) is 0. The molecule has 3 rings (SSSR count). The van der Waals surface area contributed by atoms with Crippen LogP contribution in [0, 0.1) is 0 Å². The maximum Gasteiger partial charge on any atom is 0.168 e. The highest BCUT2D eigenvalue weighted by Gasteiger charge is 2.19. The summed E-state index contributed by atoms with van der Waals surface area (Å²) in [4.78, 5) is 16.3. The molecule has 0 bridgehead atoms. The van der Waals surface area contributed by atoms with Crippen LogP contribution in [0.1, 0.15) is 46.8 Å². The van der Waals surface area contributed by atoms with E-state index in [1.165, 1.54) is 24.8 Å². The average Bonchev–Trinajstić information content (AvgIpc) is 2.39. The van der Waals surface area contributed by atoms with Gasteiger partial charge in [0.05, 0.1) is 6.42 Å². The van der Waals surface area contributed by atoms with E-state index in [9.17, 15) is 4.79 Å². The molecule has 1 heterocycles. The molecule has 2 aromatic rings. The van der Waals surface area contributed by atoms with Crippen LogP contribution in [-0.4, -0.2) is 10.8 Å². The standard InChI is InChI=1S/C17H17NO/c19-17(12-16-6-1-2-11-18-16)15-9-7-14(8-10-15)13-4-3-5-13/h1-2,6-11,13H,3-5,12H2. The number of carbonyl (C=O) groups is 1. The first-order valence-corrected chi connectivity index (χ1v) is 6.86. The van der Waals surface area contributed by atoms with E-state index in [2.05, 4.69) is 17.1 Å². The minimum absolute atomic E-state index is 0.138. The topological polar surface area (TPSA) is 30.0 Å². The Morgan fingerprint density at radius 3 is 2.47 bits per heavy atom. The molecule has 1 aromatic heterocycles. The van der Waals surface area contributed by atoms with Crippen molar-refractivity contribution in [3.05, 3.63) is 65.5 Å². The molecule has 96 valence electrons. The van der Waals surface area contributed by atoms with Crippen LogP contribution >= 0.6 is 0 Å². The Kier molecular flexibility index (Phi) is 3.41. The molecule has 0 unspecified atom stereocenters. The van der Waals surface area contributed by atoms with E-state index < -0.39 is 0 Å². The molecular formula is C17H17NO. The molecule has 0 N–H and O–H groups in total. The van der Waals surface area contributed by atoms with Crippen molar-refractivity contribution in [3.63, 3.8) is 0 Å². The van der Waals surface area contributed by atoms with Gasteiger partial charge < -0.3 is 0 Å². The molecule has 0 spiro atoms. The molecule has 0 amide bonds. The van der Waals surface area contributed by atoms with Crippen LogP contribution in [0.25, 0.3) is 0 Å². The predicted octanol–water partition coefficient (Wildman–Crippen LogP) is 3.77. The third kappa shape index (κ3) is 2.73. The first kappa shape index (κ1) is 12.1. The third-order valence-corrected chi connectivity index (χ3v) is 3.88. The average molecular weight is 251 g/mol. The van der Waals surface area contributed by atoms with Gasteiger partial charge in [-0.15, -0.1) is 0 Å². The molecule has 0 atom stereocenters. The number of Topliss-reactive ketones (excluding diaryl/α,β-unsaturated/α-hetero) is 1. The second-order valence-corrected chi connectivity index (χ2v) is 5.17. The van der Waals surface area contributed by atoms with Crippen LogP contribution < -0.4 is 0 Å². The van der Waals surface area contributed by atoms with E-state index in [4.69, 9.17) is 0 Å². The summed E-state index contributed by atoms with van der Waals surface area (Å²) in [5.41, 5.74) is 2.99. The van der Waals surface area contributed by atoms with Crippen LogP contribution in [0.2, 0.25) is 0 Å². The molecule has 1 saturated carbocycles. The highest BCUT2D eigenvalue weighted by Crippen LogP contribution is 2.36. The van der Waals surface area contributed by atoms with Gasteiger partial charge in [0.15, 0.2) is 5.78 Å². The molecule has 1 fully saturated rings. The summed E-state index contributed by atoms with van der Waals surface area (Å²) in [5.74, 6) is 0.860. The van der Waals surface area contributed by atoms with Crippen LogP contribution in [0.3, 0.4) is 0 Å². The number of aromatic nitrogens is 1. The van der Waals surface area contributed by atoms with E-state index in [0.29, 0.717) is 6.42 Å². The van der Waals surface area contributed by atoms with Gasteiger partial charge in [-0.3, -0.25) is 9.78 Å². The minimum atomic E-state index is 0.138. The second-order valence-electron chi connectivity index (χ2n) is 5.17. The molecule has 2 heteroatoms. The van der Waals surface area contributed by atoms with Crippen molar-refractivity contribution in [2.24, 2.45) is 0 Å². The molecule has 0 aliphatic heterocycles. The summed E-state index contributed by atoms with van der Waals surface area (Å²) < 4.78 is 0. The van der Waals surface area contributed by atoms with Gasteiger partial charge in [-0.1, -0.05) is 36.8 Å². The third-order valence-electron chi connectivity index (χ3n) is 3.88. The zero-order chi connectivity index (χ0) is 13.1. The Morgan fingerprint density at radius 2 is 1.89 bits per heavy atom. The Balaban J connectivity index is 1.69. The first-order valence-electron chi connectivity index (χ1n) is 6.86. The largest absolute Gasteiger partial charge is 0.294 e. The Labute approximate surface area is 113 Å². The first-order chi connectivity index (χ1) is 9.33. The highest BCUT2D eigenvalue weighted by molar-refractivity contribution is 5.97. The van der Waals surface area contributed by atoms with Gasteiger partial charge in [0.1, 0.15) is 0 Å². The molecule has 1 aliphatic rings. The van der Waals surface area contributed by atoms with E-state index in [1.54, 1.807) is 6.20 Å². The monoisotopic (exact) mass is 251 g/mol. The fourth-order valence-electron chi connectivity index (χ4n) is 2.45. The van der Waals surface area contributed by atoms with Gasteiger partial charge in [-0.25, -0.2) is 0 Å². The van der Waals surface area contributed by atoms with Crippen LogP contribution in [0.4, 0.5) is 0 Å². The van der Waals surface area contributed by atoms with Crippen molar-refractivity contribution in [3.8, 4) is 0 Å². The number of ketones is 1. The van der Waals surface area contributed by atoms with Crippen molar-refractivity contribution >= 4 is 5.78 Å². The lowest BCUT2D eigenvalue weighted by Crippen LogP contribution is -2.09. The second kappa shape index (κ2) is 5.35. The van der Waals surface area contributed by atoms with Crippen molar-refractivity contribution in [1.29, 1.82) is 0 Å². The molecule has 1 aromatic carbocycles. The van der Waals surface area contributed by atoms with Crippen LogP contribution in [-0.2, 0) is 6.42 Å². The van der Waals surface area contributed by atoms with E-state index >= 15 is 0 Å². The van der Waals surface area contributed by atoms with Crippen molar-refractivity contribution in [2.45, 2.75) is 31.6 Å². The summed E-state index contributed by atoms with van der Waals surface area (Å²) in [6.45, 7) is 0. The number of rotatable bonds is 4. The Morgan fingerprint density at radius 1 is 1.11 bits per heavy atom. The number of carbonyl (C=O) groups excluding carboxylic acids is 1. The molecule has 1 aliphatic carbocycles. The molecular weight excluding hydrogens is 234 g/mol. The number of nitrogens with zero attached hydrogens (tertiary/aromatic N) is 1. The molecule has 0 radical (unpaired) electrons. The smallest absolute Gasteiger partial charge is 0.168 e. The Bertz CT molecular complexity index is 556. The lowest BCUT2D eigenvalue weighted by atomic mass is 9.80. The maximum atomic E-state index is 12.1. The maximum absolute atomic E-state index is 12.1. The quantitative estimate of drug-likeness (QED) is 0.774. The van der Waals surface area contributed by atoms with Crippen LogP contribution in [0.15, 0.2) is 48.7 Å². The van der Waals surface area contributed by atoms with Gasteiger partial charge in [0.2, 0.25) is 0 Å². The Hall–Kier alpha value is -1.96. The summed E-state index contributed by atoms with van der Waals surface area (Å²) in [6.07, 6.45) is 6.03. The highest BCUT2D eigenvalue weighted by atomic mass is 16.1. The predicted molar refractivity (Wildman–Crippen MR) is 75.3 cm³/mol. The van der Waals surface area contributed by atoms with E-state index in [-0.39, 0.29) is 5.78 Å². The van der Waals surface area contributed by atoms with Gasteiger partial charge >= 0.3 is 0 Å². The number of hydrogen-bond donors (Lipinski definition) is 0. The van der Waals surface area contributed by atoms with Crippen LogP contribution in [0.5, 0.6) is 0 Å². The molecule has 2 nitrogen and oxygen atoms in total. The van der Waals surface area contributed by atoms with Crippen molar-refractivity contribution < 1.29 is 4.79 Å². The SMILES string of the molecule is O=C(Cc1ccccn1)c1ccc(C2CCC2)cc1. The normalized spacial score (nSPS) is 14.9. The zero-order valence-corrected chi connectivity index (χ0v) is 10.9. The minimum Gasteiger partial charge on any atom is -0.294 e. The summed E-state index contributed by atoms with van der Waals surface area (Å²) in [6, 6.07) is 13.8. The summed E-state index contributed by atoms with van der Waals surface area (Å²) in [7, 11) is 0. The van der Waals surface area contributed by atoms with E-state index in [1.807, 2.05) is 30.3 Å². The number of pyridine rings is 1. The summed E-state index contributed by atoms with van der Waals surface area (Å²) >= 11 is 0. The van der Waals surface area contributed by atoms with Crippen molar-refractivity contribution in [1.82, 2.24) is 4.98 Å². The number of hydrogen-bond acceptors (Lipinski definition) is 2. The fourth-order valence-corrected chi connectivity index (χ4v) is 2.45. The number of benzene rings is 1. The lowest BCUT2D eigenvalue weighted by Gasteiger charge is -2.25. The fraction of sp³-hybridized carbons (Fsp3) is 0.294. The van der Waals surface area contributed by atoms with Gasteiger partial charge in [-0.05, 0) is 36.5 Å².